The van der Waals surface area contributed by atoms with Gasteiger partial charge in [0.15, 0.2) is 0 Å². The SMILES string of the molecule is Cl.NCCCCCCN.c1ccc2ccccc2c1. The van der Waals surface area contributed by atoms with E-state index < -0.39 is 0 Å². The molecule has 2 aromatic carbocycles. The molecule has 4 N–H and O–H groups in total. The number of fused-ring (bicyclic) bond motifs is 1. The highest BCUT2D eigenvalue weighted by Crippen LogP contribution is 2.11. The number of rotatable bonds is 5. The first-order valence-electron chi connectivity index (χ1n) is 6.72. The Kier molecular flexibility index (Phi) is 11.3. The van der Waals surface area contributed by atoms with E-state index in [2.05, 4.69) is 48.5 Å². The number of hydrogen-bond acceptors (Lipinski definition) is 2. The number of hydrogen-bond donors (Lipinski definition) is 2. The molecular weight excluding hydrogens is 256 g/mol. The minimum Gasteiger partial charge on any atom is -0.330 e. The Bertz CT molecular complexity index is 360. The quantitative estimate of drug-likeness (QED) is 0.820. The molecule has 3 heteroatoms. The Labute approximate surface area is 122 Å². The summed E-state index contributed by atoms with van der Waals surface area (Å²) in [6.07, 6.45) is 4.79. The van der Waals surface area contributed by atoms with Crippen molar-refractivity contribution in [2.75, 3.05) is 13.1 Å². The summed E-state index contributed by atoms with van der Waals surface area (Å²) in [6.45, 7) is 1.65. The molecule has 0 unspecified atom stereocenters. The van der Waals surface area contributed by atoms with E-state index >= 15 is 0 Å². The highest BCUT2D eigenvalue weighted by atomic mass is 35.5. The van der Waals surface area contributed by atoms with Gasteiger partial charge in [-0.25, -0.2) is 0 Å². The van der Waals surface area contributed by atoms with Crippen LogP contribution in [0.2, 0.25) is 0 Å². The summed E-state index contributed by atoms with van der Waals surface area (Å²) in [5.74, 6) is 0. The van der Waals surface area contributed by atoms with Crippen molar-refractivity contribution in [3.63, 3.8) is 0 Å². The summed E-state index contributed by atoms with van der Waals surface area (Å²) in [7, 11) is 0. The lowest BCUT2D eigenvalue weighted by Crippen LogP contribution is -2.00. The third-order valence-corrected chi connectivity index (χ3v) is 2.82. The topological polar surface area (TPSA) is 52.0 Å². The molecule has 0 aliphatic heterocycles. The summed E-state index contributed by atoms with van der Waals surface area (Å²) in [5, 5.41) is 2.62. The fraction of sp³-hybridized carbons (Fsp3) is 0.375. The van der Waals surface area contributed by atoms with E-state index in [9.17, 15) is 0 Å². The fourth-order valence-electron chi connectivity index (χ4n) is 1.78. The molecular formula is C16H25ClN2. The van der Waals surface area contributed by atoms with Gasteiger partial charge in [0.2, 0.25) is 0 Å². The molecule has 0 aromatic heterocycles. The molecule has 0 radical (unpaired) electrons. The highest BCUT2D eigenvalue weighted by Gasteiger charge is 1.85. The van der Waals surface area contributed by atoms with Gasteiger partial charge < -0.3 is 11.5 Å². The maximum Gasteiger partial charge on any atom is -0.00773 e. The average molecular weight is 281 g/mol. The van der Waals surface area contributed by atoms with Crippen LogP contribution in [0.15, 0.2) is 48.5 Å². The monoisotopic (exact) mass is 280 g/mol. The Morgan fingerprint density at radius 1 is 0.579 bits per heavy atom. The smallest absolute Gasteiger partial charge is 0.00773 e. The number of unbranched alkanes of at least 4 members (excludes halogenated alkanes) is 3. The van der Waals surface area contributed by atoms with Gasteiger partial charge in [0.05, 0.1) is 0 Å². The predicted octanol–water partition coefficient (Wildman–Crippen LogP) is 3.73. The zero-order valence-electron chi connectivity index (χ0n) is 11.4. The predicted molar refractivity (Wildman–Crippen MR) is 87.8 cm³/mol. The van der Waals surface area contributed by atoms with E-state index in [0.29, 0.717) is 0 Å². The molecule has 0 saturated carbocycles. The van der Waals surface area contributed by atoms with E-state index in [1.165, 1.54) is 23.6 Å². The standard InChI is InChI=1S/C10H8.C6H16N2.ClH/c1-2-6-10-8-4-3-7-9(10)5-1;7-5-3-1-2-4-6-8;/h1-8H;1-8H2;1H. The van der Waals surface area contributed by atoms with Crippen LogP contribution in [0, 0.1) is 0 Å². The lowest BCUT2D eigenvalue weighted by atomic mass is 10.1. The maximum absolute atomic E-state index is 5.28. The minimum atomic E-state index is 0. The number of nitrogens with two attached hydrogens (primary N) is 2. The van der Waals surface area contributed by atoms with Crippen LogP contribution in [-0.2, 0) is 0 Å². The van der Waals surface area contributed by atoms with Crippen LogP contribution in [0.3, 0.4) is 0 Å². The first kappa shape index (κ1) is 17.9. The number of benzene rings is 2. The van der Waals surface area contributed by atoms with Gasteiger partial charge in [-0.1, -0.05) is 61.4 Å². The van der Waals surface area contributed by atoms with Crippen LogP contribution in [0.4, 0.5) is 0 Å². The molecule has 2 nitrogen and oxygen atoms in total. The van der Waals surface area contributed by atoms with Crippen LogP contribution < -0.4 is 11.5 Å². The summed E-state index contributed by atoms with van der Waals surface area (Å²) in [5.41, 5.74) is 10.6. The second-order valence-electron chi connectivity index (χ2n) is 4.34. The Morgan fingerprint density at radius 3 is 1.16 bits per heavy atom. The molecule has 0 aliphatic carbocycles. The van der Waals surface area contributed by atoms with Crippen LogP contribution in [0.5, 0.6) is 0 Å². The Morgan fingerprint density at radius 2 is 0.895 bits per heavy atom. The molecule has 0 bridgehead atoms. The molecule has 2 rings (SSSR count). The van der Waals surface area contributed by atoms with Crippen molar-refractivity contribution in [1.29, 1.82) is 0 Å². The van der Waals surface area contributed by atoms with Crippen molar-refractivity contribution in [3.8, 4) is 0 Å². The Balaban J connectivity index is 0.000000335. The second kappa shape index (κ2) is 12.0. The summed E-state index contributed by atoms with van der Waals surface area (Å²) in [6, 6.07) is 16.7. The summed E-state index contributed by atoms with van der Waals surface area (Å²) >= 11 is 0. The fourth-order valence-corrected chi connectivity index (χ4v) is 1.78. The highest BCUT2D eigenvalue weighted by molar-refractivity contribution is 5.85. The van der Waals surface area contributed by atoms with Crippen LogP contribution in [0.1, 0.15) is 25.7 Å². The first-order chi connectivity index (χ1) is 8.88. The van der Waals surface area contributed by atoms with E-state index in [4.69, 9.17) is 11.5 Å². The van der Waals surface area contributed by atoms with Crippen molar-refractivity contribution in [1.82, 2.24) is 0 Å². The van der Waals surface area contributed by atoms with Gasteiger partial charge >= 0.3 is 0 Å². The van der Waals surface area contributed by atoms with Gasteiger partial charge in [-0.3, -0.25) is 0 Å². The average Bonchev–Trinajstić information content (AvgIpc) is 2.45. The number of halogens is 1. The summed E-state index contributed by atoms with van der Waals surface area (Å²) in [4.78, 5) is 0. The minimum absolute atomic E-state index is 0. The van der Waals surface area contributed by atoms with Gasteiger partial charge in [-0.05, 0) is 36.7 Å². The van der Waals surface area contributed by atoms with Crippen molar-refractivity contribution >= 4 is 23.2 Å². The molecule has 106 valence electrons. The first-order valence-corrected chi connectivity index (χ1v) is 6.72. The van der Waals surface area contributed by atoms with Gasteiger partial charge in [-0.15, -0.1) is 12.4 Å². The van der Waals surface area contributed by atoms with Crippen molar-refractivity contribution in [2.24, 2.45) is 11.5 Å². The molecule has 2 aromatic rings. The molecule has 0 atom stereocenters. The summed E-state index contributed by atoms with van der Waals surface area (Å²) < 4.78 is 0. The van der Waals surface area contributed by atoms with E-state index in [-0.39, 0.29) is 12.4 Å². The zero-order valence-corrected chi connectivity index (χ0v) is 12.2. The molecule has 0 spiro atoms. The molecule has 0 heterocycles. The lowest BCUT2D eigenvalue weighted by Gasteiger charge is -1.94. The maximum atomic E-state index is 5.28. The van der Waals surface area contributed by atoms with Gasteiger partial charge in [-0.2, -0.15) is 0 Å². The van der Waals surface area contributed by atoms with Crippen molar-refractivity contribution in [2.45, 2.75) is 25.7 Å². The van der Waals surface area contributed by atoms with Crippen molar-refractivity contribution in [3.05, 3.63) is 48.5 Å². The van der Waals surface area contributed by atoms with Gasteiger partial charge in [0, 0.05) is 0 Å². The van der Waals surface area contributed by atoms with Crippen molar-refractivity contribution < 1.29 is 0 Å². The second-order valence-corrected chi connectivity index (χ2v) is 4.34. The zero-order chi connectivity index (χ0) is 13.1. The molecule has 0 saturated heterocycles. The lowest BCUT2D eigenvalue weighted by molar-refractivity contribution is 0.653. The largest absolute Gasteiger partial charge is 0.330 e. The van der Waals surface area contributed by atoms with E-state index in [1.807, 2.05) is 0 Å². The van der Waals surface area contributed by atoms with Crippen LogP contribution in [0.25, 0.3) is 10.8 Å². The molecule has 19 heavy (non-hydrogen) atoms. The van der Waals surface area contributed by atoms with Crippen LogP contribution >= 0.6 is 12.4 Å². The third kappa shape index (κ3) is 7.83. The molecule has 0 amide bonds. The Hall–Kier alpha value is -1.09. The van der Waals surface area contributed by atoms with Crippen LogP contribution in [-0.4, -0.2) is 13.1 Å². The molecule has 0 aliphatic rings. The van der Waals surface area contributed by atoms with Gasteiger partial charge in [0.25, 0.3) is 0 Å². The van der Waals surface area contributed by atoms with E-state index in [1.54, 1.807) is 0 Å². The van der Waals surface area contributed by atoms with Gasteiger partial charge in [0.1, 0.15) is 0 Å². The van der Waals surface area contributed by atoms with E-state index in [0.717, 1.165) is 25.9 Å². The molecule has 0 fully saturated rings. The third-order valence-electron chi connectivity index (χ3n) is 2.82. The normalized spacial score (nSPS) is 9.37.